The Morgan fingerprint density at radius 2 is 2.00 bits per heavy atom. The standard InChI is InChI=1S/C3H5B2FO/c4-3(5,7)1-2-6/h7H,1-2H2. The zero-order valence-corrected chi connectivity index (χ0v) is 3.89. The molecule has 7 heavy (non-hydrogen) atoms. The summed E-state index contributed by atoms with van der Waals surface area (Å²) in [6.07, 6.45) is -0.215. The van der Waals surface area contributed by atoms with Crippen molar-refractivity contribution in [2.24, 2.45) is 0 Å². The van der Waals surface area contributed by atoms with E-state index in [0.29, 0.717) is 0 Å². The van der Waals surface area contributed by atoms with E-state index in [4.69, 9.17) is 20.8 Å². The molecule has 0 spiro atoms. The van der Waals surface area contributed by atoms with Gasteiger partial charge in [0.15, 0.2) is 0 Å². The van der Waals surface area contributed by atoms with E-state index in [1.165, 1.54) is 0 Å². The van der Waals surface area contributed by atoms with E-state index in [1.807, 2.05) is 0 Å². The Hall–Kier alpha value is 0.0199. The van der Waals surface area contributed by atoms with Crippen molar-refractivity contribution in [1.29, 1.82) is 0 Å². The fourth-order valence-electron chi connectivity index (χ4n) is 0.151. The summed E-state index contributed by atoms with van der Waals surface area (Å²) in [7, 11) is 9.48. The minimum absolute atomic E-state index is 0.215. The summed E-state index contributed by atoms with van der Waals surface area (Å²) in [5.41, 5.74) is 0. The van der Waals surface area contributed by atoms with E-state index < -0.39 is 12.1 Å². The average Bonchev–Trinajstić information content (AvgIpc) is 1.30. The lowest BCUT2D eigenvalue weighted by atomic mass is 9.64. The van der Waals surface area contributed by atoms with Gasteiger partial charge in [-0.25, -0.2) is 0 Å². The van der Waals surface area contributed by atoms with Gasteiger partial charge in [-0.1, -0.05) is 0 Å². The first-order valence-corrected chi connectivity index (χ1v) is 1.92. The van der Waals surface area contributed by atoms with Crippen molar-refractivity contribution in [3.8, 4) is 0 Å². The molecule has 0 aromatic heterocycles. The second kappa shape index (κ2) is 2.36. The molecule has 4 heteroatoms. The van der Waals surface area contributed by atoms with Crippen LogP contribution < -0.4 is 0 Å². The Kier molecular flexibility index (Phi) is 2.37. The Morgan fingerprint density at radius 3 is 2.00 bits per heavy atom. The smallest absolute Gasteiger partial charge is 0.0990 e. The number of hydrogen-bond acceptors (Lipinski definition) is 1. The van der Waals surface area contributed by atoms with Crippen LogP contribution in [0.25, 0.3) is 0 Å². The summed E-state index contributed by atoms with van der Waals surface area (Å²) < 4.78 is 11.2. The summed E-state index contributed by atoms with van der Waals surface area (Å²) in [5, 5.41) is 6.51. The van der Waals surface area contributed by atoms with E-state index in [1.54, 1.807) is 0 Å². The van der Waals surface area contributed by atoms with Gasteiger partial charge in [-0.2, -0.15) is 0 Å². The van der Waals surface area contributed by atoms with E-state index in [2.05, 4.69) is 0 Å². The highest BCUT2D eigenvalue weighted by Gasteiger charge is 2.09. The number of rotatable bonds is 2. The predicted molar refractivity (Wildman–Crippen MR) is 27.0 cm³/mol. The molecule has 0 aliphatic carbocycles. The van der Waals surface area contributed by atoms with Crippen LogP contribution in [-0.4, -0.2) is 32.9 Å². The molecule has 0 bridgehead atoms. The fraction of sp³-hybridized carbons (Fsp3) is 1.00. The van der Waals surface area contributed by atoms with Crippen LogP contribution >= 0.6 is 0 Å². The van der Waals surface area contributed by atoms with Crippen LogP contribution in [0.1, 0.15) is 6.42 Å². The summed E-state index contributed by atoms with van der Waals surface area (Å²) in [6, 6.07) is 0. The molecule has 0 aromatic carbocycles. The third-order valence-corrected chi connectivity index (χ3v) is 0.495. The van der Waals surface area contributed by atoms with Crippen LogP contribution in [0.5, 0.6) is 0 Å². The van der Waals surface area contributed by atoms with Gasteiger partial charge < -0.3 is 5.11 Å². The largest absolute Gasteiger partial charge is 0.409 e. The first-order valence-electron chi connectivity index (χ1n) is 1.92. The van der Waals surface area contributed by atoms with E-state index in [-0.39, 0.29) is 6.42 Å². The predicted octanol–water partition coefficient (Wildman–Crippen LogP) is -0.671. The molecule has 0 aromatic rings. The van der Waals surface area contributed by atoms with Crippen LogP contribution in [0.3, 0.4) is 0 Å². The lowest BCUT2D eigenvalue weighted by molar-refractivity contribution is 0.189. The Balaban J connectivity index is 3.15. The quantitative estimate of drug-likeness (QED) is 0.454. The van der Waals surface area contributed by atoms with Gasteiger partial charge in [0.25, 0.3) is 0 Å². The average molecular weight is 97.7 g/mol. The molecule has 0 rings (SSSR count). The molecule has 0 aliphatic rings. The number of hydrogen-bond donors (Lipinski definition) is 1. The second-order valence-electron chi connectivity index (χ2n) is 1.43. The molecule has 0 unspecified atom stereocenters. The molecule has 4 radical (unpaired) electrons. The molecule has 0 saturated carbocycles. The number of alkyl halides is 1. The highest BCUT2D eigenvalue weighted by Crippen LogP contribution is 1.96. The number of aliphatic hydroxyl groups is 1. The van der Waals surface area contributed by atoms with E-state index >= 15 is 0 Å². The van der Waals surface area contributed by atoms with Crippen molar-refractivity contribution < 1.29 is 9.50 Å². The summed E-state index contributed by atoms with van der Waals surface area (Å²) in [5.74, 6) is 0. The van der Waals surface area contributed by atoms with Crippen LogP contribution in [-0.2, 0) is 0 Å². The van der Waals surface area contributed by atoms with Crippen molar-refractivity contribution in [3.05, 3.63) is 0 Å². The molecule has 0 heterocycles. The second-order valence-corrected chi connectivity index (χ2v) is 1.43. The molecule has 0 saturated heterocycles. The molecule has 0 amide bonds. The molecular formula is C3H5B2FO. The molecule has 1 N–H and O–H groups in total. The van der Waals surface area contributed by atoms with Crippen LogP contribution in [0.2, 0.25) is 0 Å². The molecule has 36 valence electrons. The minimum Gasteiger partial charge on any atom is -0.409 e. The molecular weight excluding hydrogens is 92.7 g/mol. The van der Waals surface area contributed by atoms with Crippen LogP contribution in [0.15, 0.2) is 0 Å². The van der Waals surface area contributed by atoms with E-state index in [0.717, 1.165) is 0 Å². The van der Waals surface area contributed by atoms with Crippen LogP contribution in [0.4, 0.5) is 4.39 Å². The van der Waals surface area contributed by atoms with Gasteiger partial charge in [0.2, 0.25) is 0 Å². The van der Waals surface area contributed by atoms with Gasteiger partial charge in [0.1, 0.15) is 0 Å². The first-order chi connectivity index (χ1) is 3.06. The third-order valence-electron chi connectivity index (χ3n) is 0.495. The van der Waals surface area contributed by atoms with Crippen molar-refractivity contribution >= 4 is 15.7 Å². The van der Waals surface area contributed by atoms with Gasteiger partial charge in [-0.05, 0) is 11.8 Å². The molecule has 0 aliphatic heterocycles. The lowest BCUT2D eigenvalue weighted by Gasteiger charge is -2.13. The minimum atomic E-state index is -1.82. The summed E-state index contributed by atoms with van der Waals surface area (Å²) in [4.78, 5) is 0. The fourth-order valence-corrected chi connectivity index (χ4v) is 0.151. The monoisotopic (exact) mass is 98.1 g/mol. The zero-order chi connectivity index (χ0) is 5.91. The Morgan fingerprint density at radius 1 is 1.57 bits per heavy atom. The van der Waals surface area contributed by atoms with Gasteiger partial charge in [0.05, 0.1) is 22.4 Å². The van der Waals surface area contributed by atoms with E-state index in [9.17, 15) is 4.39 Å². The highest BCUT2D eigenvalue weighted by atomic mass is 19.1. The number of halogens is 1. The maximum absolute atomic E-state index is 11.2. The zero-order valence-electron chi connectivity index (χ0n) is 3.89. The summed E-state index contributed by atoms with van der Waals surface area (Å²) >= 11 is 0. The van der Waals surface area contributed by atoms with Gasteiger partial charge in [-0.3, -0.25) is 4.39 Å². The maximum Gasteiger partial charge on any atom is 0.0990 e. The lowest BCUT2D eigenvalue weighted by Crippen LogP contribution is -2.29. The Bertz CT molecular complexity index is 51.4. The van der Waals surface area contributed by atoms with Gasteiger partial charge in [0, 0.05) is 0 Å². The Labute approximate surface area is 44.7 Å². The van der Waals surface area contributed by atoms with Crippen molar-refractivity contribution in [2.75, 3.05) is 6.67 Å². The first kappa shape index (κ1) is 7.02. The van der Waals surface area contributed by atoms with Crippen LogP contribution in [0, 0.1) is 0 Å². The molecule has 0 atom stereocenters. The van der Waals surface area contributed by atoms with Crippen molar-refractivity contribution in [3.63, 3.8) is 0 Å². The van der Waals surface area contributed by atoms with Crippen molar-refractivity contribution in [1.82, 2.24) is 0 Å². The normalized spacial score (nSPS) is 11.7. The SMILES string of the molecule is [B]C([B])(O)CCF. The highest BCUT2D eigenvalue weighted by molar-refractivity contribution is 6.38. The van der Waals surface area contributed by atoms with Gasteiger partial charge in [-0.15, -0.1) is 0 Å². The molecule has 0 fully saturated rings. The topological polar surface area (TPSA) is 20.2 Å². The molecule has 1 nitrogen and oxygen atoms in total. The third kappa shape index (κ3) is 6.02. The van der Waals surface area contributed by atoms with Crippen molar-refractivity contribution in [2.45, 2.75) is 11.8 Å². The summed E-state index contributed by atoms with van der Waals surface area (Å²) in [6.45, 7) is -0.691. The van der Waals surface area contributed by atoms with Gasteiger partial charge >= 0.3 is 0 Å². The maximum atomic E-state index is 11.2.